The van der Waals surface area contributed by atoms with Gasteiger partial charge in [-0.3, -0.25) is 0 Å². The third-order valence-corrected chi connectivity index (χ3v) is 2.76. The van der Waals surface area contributed by atoms with Gasteiger partial charge in [-0.05, 0) is 13.8 Å². The maximum Gasteiger partial charge on any atom is 0.168 e. The van der Waals surface area contributed by atoms with Gasteiger partial charge in [0.1, 0.15) is 0 Å². The number of halogens is 2. The highest BCUT2D eigenvalue weighted by atomic mass is 19.1. The van der Waals surface area contributed by atoms with Crippen molar-refractivity contribution >= 4 is 11.6 Å². The highest BCUT2D eigenvalue weighted by molar-refractivity contribution is 5.47. The second kappa shape index (κ2) is 7.35. The average molecular weight is 289 g/mol. The molecule has 0 amide bonds. The van der Waals surface area contributed by atoms with Gasteiger partial charge in [0, 0.05) is 39.3 Å². The highest BCUT2D eigenvalue weighted by Gasteiger charge is 2.21. The second-order valence-electron chi connectivity index (χ2n) is 4.77. The average Bonchev–Trinajstić information content (AvgIpc) is 2.38. The summed E-state index contributed by atoms with van der Waals surface area (Å²) in [6.45, 7) is 4.33. The molecule has 0 saturated heterocycles. The molecule has 0 bridgehead atoms. The van der Waals surface area contributed by atoms with E-state index in [1.54, 1.807) is 13.8 Å². The van der Waals surface area contributed by atoms with Gasteiger partial charge in [-0.25, -0.2) is 13.8 Å². The second-order valence-corrected chi connectivity index (χ2v) is 4.77. The van der Waals surface area contributed by atoms with Crippen LogP contribution < -0.4 is 10.6 Å². The molecule has 7 heteroatoms. The minimum atomic E-state index is -1.07. The van der Waals surface area contributed by atoms with Gasteiger partial charge < -0.3 is 20.5 Å². The van der Waals surface area contributed by atoms with Crippen LogP contribution >= 0.6 is 0 Å². The summed E-state index contributed by atoms with van der Waals surface area (Å²) >= 11 is 0. The Morgan fingerprint density at radius 1 is 1.30 bits per heavy atom. The van der Waals surface area contributed by atoms with Crippen molar-refractivity contribution in [2.45, 2.75) is 25.9 Å². The fourth-order valence-electron chi connectivity index (χ4n) is 1.57. The van der Waals surface area contributed by atoms with Crippen LogP contribution in [0, 0.1) is 11.6 Å². The third-order valence-electron chi connectivity index (χ3n) is 2.76. The summed E-state index contributed by atoms with van der Waals surface area (Å²) in [6.07, 6.45) is 0.388. The predicted octanol–water partition coefficient (Wildman–Crippen LogP) is 1.99. The summed E-state index contributed by atoms with van der Waals surface area (Å²) in [5.41, 5.74) is -1.07. The number of aromatic nitrogens is 1. The fourth-order valence-corrected chi connectivity index (χ4v) is 1.57. The van der Waals surface area contributed by atoms with Crippen LogP contribution in [0.25, 0.3) is 0 Å². The van der Waals surface area contributed by atoms with Crippen LogP contribution in [0.5, 0.6) is 0 Å². The number of nitrogens with one attached hydrogen (secondary N) is 2. The number of pyridine rings is 1. The molecule has 114 valence electrons. The predicted molar refractivity (Wildman–Crippen MR) is 73.9 cm³/mol. The lowest BCUT2D eigenvalue weighted by atomic mass is 10.0. The molecular weight excluding hydrogens is 268 g/mol. The van der Waals surface area contributed by atoms with Crippen molar-refractivity contribution < 1.29 is 18.6 Å². The van der Waals surface area contributed by atoms with Crippen molar-refractivity contribution in [2.75, 3.05) is 37.4 Å². The molecule has 0 aliphatic carbocycles. The van der Waals surface area contributed by atoms with Gasteiger partial charge in [-0.1, -0.05) is 0 Å². The Labute approximate surface area is 117 Å². The van der Waals surface area contributed by atoms with Gasteiger partial charge in [-0.2, -0.15) is 0 Å². The molecule has 0 radical (unpaired) electrons. The zero-order chi connectivity index (χ0) is 15.2. The number of hydrogen-bond donors (Lipinski definition) is 3. The number of nitrogens with zero attached hydrogens (tertiary/aromatic N) is 1. The minimum absolute atomic E-state index is 0.0204. The van der Waals surface area contributed by atoms with E-state index in [1.807, 2.05) is 0 Å². The maximum absolute atomic E-state index is 13.6. The van der Waals surface area contributed by atoms with E-state index in [0.717, 1.165) is 6.07 Å². The molecular formula is C13H21F2N3O2. The molecule has 20 heavy (non-hydrogen) atoms. The van der Waals surface area contributed by atoms with Crippen molar-refractivity contribution in [3.05, 3.63) is 17.7 Å². The molecule has 0 fully saturated rings. The summed E-state index contributed by atoms with van der Waals surface area (Å²) in [7, 11) is 1.54. The van der Waals surface area contributed by atoms with Gasteiger partial charge in [0.25, 0.3) is 0 Å². The van der Waals surface area contributed by atoms with E-state index in [1.165, 1.54) is 7.11 Å². The number of rotatable bonds is 8. The first-order valence-electron chi connectivity index (χ1n) is 6.44. The van der Waals surface area contributed by atoms with Crippen molar-refractivity contribution in [3.63, 3.8) is 0 Å². The van der Waals surface area contributed by atoms with E-state index in [2.05, 4.69) is 15.6 Å². The number of hydrogen-bond acceptors (Lipinski definition) is 5. The van der Waals surface area contributed by atoms with Crippen LogP contribution in [-0.2, 0) is 4.74 Å². The van der Waals surface area contributed by atoms with Crippen LogP contribution in [0.2, 0.25) is 0 Å². The van der Waals surface area contributed by atoms with E-state index in [-0.39, 0.29) is 18.2 Å². The fraction of sp³-hybridized carbons (Fsp3) is 0.615. The Hall–Kier alpha value is -1.47. The molecule has 0 spiro atoms. The Kier molecular flexibility index (Phi) is 6.09. The van der Waals surface area contributed by atoms with Gasteiger partial charge in [0.05, 0.1) is 5.60 Å². The van der Waals surface area contributed by atoms with E-state index < -0.39 is 17.2 Å². The zero-order valence-electron chi connectivity index (χ0n) is 12.0. The smallest absolute Gasteiger partial charge is 0.168 e. The lowest BCUT2D eigenvalue weighted by Gasteiger charge is -2.23. The molecule has 1 atom stereocenters. The van der Waals surface area contributed by atoms with Crippen molar-refractivity contribution in [2.24, 2.45) is 0 Å². The van der Waals surface area contributed by atoms with E-state index in [4.69, 9.17) is 4.74 Å². The van der Waals surface area contributed by atoms with Gasteiger partial charge in [0.2, 0.25) is 0 Å². The molecule has 5 nitrogen and oxygen atoms in total. The molecule has 0 aromatic carbocycles. The molecule has 0 aliphatic rings. The number of anilines is 2. The van der Waals surface area contributed by atoms with Crippen LogP contribution in [0.4, 0.5) is 20.4 Å². The summed E-state index contributed by atoms with van der Waals surface area (Å²) < 4.78 is 31.9. The zero-order valence-corrected chi connectivity index (χ0v) is 12.0. The standard InChI is InChI=1S/C13H21F2N3O2/c1-4-16-11-9(14)7-10(15)12(18-11)17-8-13(2,19)5-6-20-3/h7,19H,4-6,8H2,1-3H3,(H2,16,17,18). The maximum atomic E-state index is 13.6. The monoisotopic (exact) mass is 289 g/mol. The normalized spacial score (nSPS) is 13.9. The van der Waals surface area contributed by atoms with Crippen LogP contribution in [0.3, 0.4) is 0 Å². The quantitative estimate of drug-likeness (QED) is 0.683. The molecule has 3 N–H and O–H groups in total. The number of aliphatic hydroxyl groups is 1. The molecule has 0 aliphatic heterocycles. The minimum Gasteiger partial charge on any atom is -0.388 e. The van der Waals surface area contributed by atoms with E-state index in [0.29, 0.717) is 19.6 Å². The molecule has 1 unspecified atom stereocenters. The lowest BCUT2D eigenvalue weighted by Crippen LogP contribution is -2.35. The topological polar surface area (TPSA) is 66.4 Å². The van der Waals surface area contributed by atoms with Gasteiger partial charge in [-0.15, -0.1) is 0 Å². The van der Waals surface area contributed by atoms with E-state index in [9.17, 15) is 13.9 Å². The molecule has 0 saturated carbocycles. The van der Waals surface area contributed by atoms with Crippen molar-refractivity contribution in [1.82, 2.24) is 4.98 Å². The van der Waals surface area contributed by atoms with Crippen LogP contribution in [0.15, 0.2) is 6.07 Å². The Morgan fingerprint density at radius 2 is 1.90 bits per heavy atom. The van der Waals surface area contributed by atoms with Crippen LogP contribution in [0.1, 0.15) is 20.3 Å². The van der Waals surface area contributed by atoms with Gasteiger partial charge in [0.15, 0.2) is 23.3 Å². The molecule has 1 heterocycles. The summed E-state index contributed by atoms with van der Waals surface area (Å²) in [6, 6.07) is 0.761. The molecule has 1 aromatic rings. The van der Waals surface area contributed by atoms with Crippen LogP contribution in [-0.4, -0.2) is 42.5 Å². The van der Waals surface area contributed by atoms with Gasteiger partial charge >= 0.3 is 0 Å². The number of methoxy groups -OCH3 is 1. The first-order valence-corrected chi connectivity index (χ1v) is 6.44. The SMILES string of the molecule is CCNc1nc(NCC(C)(O)CCOC)c(F)cc1F. The first-order chi connectivity index (χ1) is 9.39. The highest BCUT2D eigenvalue weighted by Crippen LogP contribution is 2.20. The first kappa shape index (κ1) is 16.6. The Bertz CT molecular complexity index is 442. The number of ether oxygens (including phenoxy) is 1. The van der Waals surface area contributed by atoms with E-state index >= 15 is 0 Å². The summed E-state index contributed by atoms with van der Waals surface area (Å²) in [5, 5.41) is 15.4. The molecule has 1 rings (SSSR count). The molecule has 1 aromatic heterocycles. The van der Waals surface area contributed by atoms with Crippen molar-refractivity contribution in [3.8, 4) is 0 Å². The Morgan fingerprint density at radius 3 is 2.45 bits per heavy atom. The summed E-state index contributed by atoms with van der Waals surface area (Å²) in [5.74, 6) is -1.67. The lowest BCUT2D eigenvalue weighted by molar-refractivity contribution is 0.0356. The van der Waals surface area contributed by atoms with Crippen molar-refractivity contribution in [1.29, 1.82) is 0 Å². The Balaban J connectivity index is 2.74. The summed E-state index contributed by atoms with van der Waals surface area (Å²) in [4.78, 5) is 3.83. The third kappa shape index (κ3) is 4.90. The largest absolute Gasteiger partial charge is 0.388 e.